The molecular weight excluding hydrogens is 318 g/mol. The second-order valence-electron chi connectivity index (χ2n) is 3.78. The van der Waals surface area contributed by atoms with Crippen LogP contribution in [0.1, 0.15) is 6.92 Å². The first kappa shape index (κ1) is 15.1. The van der Waals surface area contributed by atoms with Gasteiger partial charge in [-0.1, -0.05) is 40.8 Å². The van der Waals surface area contributed by atoms with Gasteiger partial charge in [0.2, 0.25) is 5.13 Å². The summed E-state index contributed by atoms with van der Waals surface area (Å²) in [5.41, 5.74) is 0. The van der Waals surface area contributed by atoms with Crippen LogP contribution in [0.4, 0.5) is 5.13 Å². The number of anilines is 1. The van der Waals surface area contributed by atoms with E-state index in [0.29, 0.717) is 15.9 Å². The SMILES string of the molecule is CSc1nnc(NC(=O)C(C)Oc2cccc(Cl)c2)s1. The molecule has 1 aromatic carbocycles. The molecule has 1 heterocycles. The molecule has 5 nitrogen and oxygen atoms in total. The smallest absolute Gasteiger partial charge is 0.266 e. The minimum atomic E-state index is -0.657. The third-order valence-corrected chi connectivity index (χ3v) is 4.34. The van der Waals surface area contributed by atoms with E-state index in [1.165, 1.54) is 23.1 Å². The van der Waals surface area contributed by atoms with Crippen LogP contribution < -0.4 is 10.1 Å². The number of rotatable bonds is 5. The van der Waals surface area contributed by atoms with Crippen molar-refractivity contribution in [3.05, 3.63) is 29.3 Å². The Hall–Kier alpha value is -1.31. The molecule has 0 radical (unpaired) electrons. The van der Waals surface area contributed by atoms with Crippen LogP contribution in [0, 0.1) is 0 Å². The molecule has 1 unspecified atom stereocenters. The van der Waals surface area contributed by atoms with E-state index in [4.69, 9.17) is 16.3 Å². The van der Waals surface area contributed by atoms with Gasteiger partial charge in [-0.25, -0.2) is 0 Å². The summed E-state index contributed by atoms with van der Waals surface area (Å²) in [5, 5.41) is 11.5. The van der Waals surface area contributed by atoms with Gasteiger partial charge in [0.05, 0.1) is 0 Å². The molecule has 1 amide bonds. The molecule has 20 heavy (non-hydrogen) atoms. The minimum Gasteiger partial charge on any atom is -0.481 e. The predicted octanol–water partition coefficient (Wildman–Crippen LogP) is 3.32. The van der Waals surface area contributed by atoms with Crippen LogP contribution in [0.5, 0.6) is 5.75 Å². The van der Waals surface area contributed by atoms with E-state index in [1.807, 2.05) is 6.26 Å². The van der Waals surface area contributed by atoms with Crippen molar-refractivity contribution in [2.75, 3.05) is 11.6 Å². The summed E-state index contributed by atoms with van der Waals surface area (Å²) in [4.78, 5) is 12.0. The largest absolute Gasteiger partial charge is 0.481 e. The zero-order valence-electron chi connectivity index (χ0n) is 10.8. The van der Waals surface area contributed by atoms with Crippen molar-refractivity contribution in [1.29, 1.82) is 0 Å². The lowest BCUT2D eigenvalue weighted by Gasteiger charge is -2.13. The van der Waals surface area contributed by atoms with Crippen LogP contribution in [-0.4, -0.2) is 28.5 Å². The summed E-state index contributed by atoms with van der Waals surface area (Å²) >= 11 is 8.65. The highest BCUT2D eigenvalue weighted by molar-refractivity contribution is 8.00. The molecule has 0 bridgehead atoms. The molecule has 1 N–H and O–H groups in total. The summed E-state index contributed by atoms with van der Waals surface area (Å²) in [6.07, 6.45) is 1.24. The van der Waals surface area contributed by atoms with Gasteiger partial charge in [0.15, 0.2) is 10.4 Å². The fraction of sp³-hybridized carbons (Fsp3) is 0.250. The van der Waals surface area contributed by atoms with Crippen molar-refractivity contribution in [3.8, 4) is 5.75 Å². The Balaban J connectivity index is 1.95. The lowest BCUT2D eigenvalue weighted by atomic mass is 10.3. The monoisotopic (exact) mass is 329 g/mol. The predicted molar refractivity (Wildman–Crippen MR) is 81.9 cm³/mol. The highest BCUT2D eigenvalue weighted by Crippen LogP contribution is 2.23. The highest BCUT2D eigenvalue weighted by atomic mass is 35.5. The normalized spacial score (nSPS) is 11.9. The van der Waals surface area contributed by atoms with Gasteiger partial charge in [-0.15, -0.1) is 10.2 Å². The number of nitrogens with zero attached hydrogens (tertiary/aromatic N) is 2. The van der Waals surface area contributed by atoms with Crippen molar-refractivity contribution < 1.29 is 9.53 Å². The molecular formula is C12H12ClN3O2S2. The molecule has 1 atom stereocenters. The van der Waals surface area contributed by atoms with Gasteiger partial charge in [-0.2, -0.15) is 0 Å². The van der Waals surface area contributed by atoms with Crippen LogP contribution in [-0.2, 0) is 4.79 Å². The molecule has 0 saturated heterocycles. The van der Waals surface area contributed by atoms with Gasteiger partial charge >= 0.3 is 0 Å². The Bertz CT molecular complexity index is 606. The third-order valence-electron chi connectivity index (χ3n) is 2.29. The standard InChI is InChI=1S/C12H12ClN3O2S2/c1-7(18-9-5-3-4-8(13)6-9)10(17)14-11-15-16-12(19-2)20-11/h3-7H,1-2H3,(H,14,15,17). The number of amides is 1. The maximum atomic E-state index is 12.0. The second kappa shape index (κ2) is 6.92. The van der Waals surface area contributed by atoms with Gasteiger partial charge in [0.25, 0.3) is 5.91 Å². The number of hydrogen-bond acceptors (Lipinski definition) is 6. The van der Waals surface area contributed by atoms with Crippen molar-refractivity contribution in [2.45, 2.75) is 17.4 Å². The number of thioether (sulfide) groups is 1. The molecule has 0 aliphatic carbocycles. The van der Waals surface area contributed by atoms with Crippen LogP contribution in [0.25, 0.3) is 0 Å². The molecule has 1 aromatic heterocycles. The van der Waals surface area contributed by atoms with Crippen molar-refractivity contribution in [1.82, 2.24) is 10.2 Å². The van der Waals surface area contributed by atoms with Crippen LogP contribution in [0.15, 0.2) is 28.6 Å². The quantitative estimate of drug-likeness (QED) is 0.673. The van der Waals surface area contributed by atoms with Crippen LogP contribution in [0.3, 0.4) is 0 Å². The van der Waals surface area contributed by atoms with Gasteiger partial charge in [-0.3, -0.25) is 10.1 Å². The highest BCUT2D eigenvalue weighted by Gasteiger charge is 2.17. The van der Waals surface area contributed by atoms with Gasteiger partial charge < -0.3 is 4.74 Å². The van der Waals surface area contributed by atoms with Gasteiger partial charge in [0, 0.05) is 5.02 Å². The number of carbonyl (C=O) groups is 1. The second-order valence-corrected chi connectivity index (χ2v) is 6.25. The van der Waals surface area contributed by atoms with E-state index >= 15 is 0 Å². The van der Waals surface area contributed by atoms with E-state index in [0.717, 1.165) is 4.34 Å². The molecule has 106 valence electrons. The number of carbonyl (C=O) groups excluding carboxylic acids is 1. The summed E-state index contributed by atoms with van der Waals surface area (Å²) in [6.45, 7) is 1.66. The van der Waals surface area contributed by atoms with Crippen LogP contribution in [0.2, 0.25) is 5.02 Å². The number of nitrogens with one attached hydrogen (secondary N) is 1. The first-order valence-corrected chi connectivity index (χ1v) is 8.11. The topological polar surface area (TPSA) is 64.1 Å². The number of ether oxygens (including phenoxy) is 1. The Morgan fingerprint density at radius 2 is 2.30 bits per heavy atom. The van der Waals surface area contributed by atoms with E-state index in [1.54, 1.807) is 31.2 Å². The molecule has 8 heteroatoms. The third kappa shape index (κ3) is 4.09. The van der Waals surface area contributed by atoms with E-state index < -0.39 is 6.10 Å². The summed E-state index contributed by atoms with van der Waals surface area (Å²) in [7, 11) is 0. The maximum Gasteiger partial charge on any atom is 0.266 e. The Labute approximate surface area is 129 Å². The summed E-state index contributed by atoms with van der Waals surface area (Å²) < 4.78 is 6.31. The van der Waals surface area contributed by atoms with Gasteiger partial charge in [-0.05, 0) is 31.4 Å². The van der Waals surface area contributed by atoms with Crippen molar-refractivity contribution in [2.24, 2.45) is 0 Å². The van der Waals surface area contributed by atoms with E-state index in [-0.39, 0.29) is 5.91 Å². The van der Waals surface area contributed by atoms with Crippen molar-refractivity contribution >= 4 is 45.7 Å². The Morgan fingerprint density at radius 3 is 2.95 bits per heavy atom. The average molecular weight is 330 g/mol. The Kier molecular flexibility index (Phi) is 5.22. The molecule has 0 aliphatic rings. The van der Waals surface area contributed by atoms with Crippen LogP contribution >= 0.6 is 34.7 Å². The Morgan fingerprint density at radius 1 is 1.50 bits per heavy atom. The average Bonchev–Trinajstić information content (AvgIpc) is 2.86. The number of halogens is 1. The molecule has 0 saturated carbocycles. The van der Waals surface area contributed by atoms with Crippen molar-refractivity contribution in [3.63, 3.8) is 0 Å². The first-order chi connectivity index (χ1) is 9.58. The first-order valence-electron chi connectivity index (χ1n) is 5.69. The lowest BCUT2D eigenvalue weighted by Crippen LogP contribution is -2.30. The summed E-state index contributed by atoms with van der Waals surface area (Å²) in [5.74, 6) is 0.260. The molecule has 2 rings (SSSR count). The van der Waals surface area contributed by atoms with E-state index in [9.17, 15) is 4.79 Å². The fourth-order valence-electron chi connectivity index (χ4n) is 1.35. The summed E-state index contributed by atoms with van der Waals surface area (Å²) in [6, 6.07) is 6.90. The molecule has 2 aromatic rings. The minimum absolute atomic E-state index is 0.284. The van der Waals surface area contributed by atoms with Gasteiger partial charge in [0.1, 0.15) is 5.75 Å². The van der Waals surface area contributed by atoms with E-state index in [2.05, 4.69) is 15.5 Å². The lowest BCUT2D eigenvalue weighted by molar-refractivity contribution is -0.122. The molecule has 0 aliphatic heterocycles. The zero-order chi connectivity index (χ0) is 14.5. The molecule has 0 fully saturated rings. The molecule has 0 spiro atoms. The number of hydrogen-bond donors (Lipinski definition) is 1. The fourth-order valence-corrected chi connectivity index (χ4v) is 2.70. The number of aromatic nitrogens is 2. The zero-order valence-corrected chi connectivity index (χ0v) is 13.2. The number of benzene rings is 1. The maximum absolute atomic E-state index is 12.0.